The number of carbonyl (C=O) groups is 2. The molecule has 0 aliphatic carbocycles. The fourth-order valence-corrected chi connectivity index (χ4v) is 4.32. The predicted molar refractivity (Wildman–Crippen MR) is 101 cm³/mol. The highest BCUT2D eigenvalue weighted by Gasteiger charge is 2.24. The Morgan fingerprint density at radius 2 is 2.17 bits per heavy atom. The van der Waals surface area contributed by atoms with E-state index in [9.17, 15) is 9.59 Å². The number of rotatable bonds is 6. The van der Waals surface area contributed by atoms with E-state index in [0.29, 0.717) is 12.3 Å². The molecule has 1 atom stereocenters. The van der Waals surface area contributed by atoms with Crippen LogP contribution >= 0.6 is 23.1 Å². The summed E-state index contributed by atoms with van der Waals surface area (Å²) in [6.07, 6.45) is 2.47. The predicted octanol–water partition coefficient (Wildman–Crippen LogP) is 3.09. The number of hydrogen-bond acceptors (Lipinski definition) is 4. The summed E-state index contributed by atoms with van der Waals surface area (Å²) in [5, 5.41) is 7.75. The molecule has 1 aliphatic rings. The van der Waals surface area contributed by atoms with Crippen LogP contribution in [0.3, 0.4) is 0 Å². The van der Waals surface area contributed by atoms with Gasteiger partial charge >= 0.3 is 0 Å². The molecule has 0 fully saturated rings. The third kappa shape index (κ3) is 4.61. The molecule has 0 radical (unpaired) electrons. The number of carbonyl (C=O) groups excluding carboxylic acids is 2. The summed E-state index contributed by atoms with van der Waals surface area (Å²) in [5.41, 5.74) is 2.06. The second-order valence-electron chi connectivity index (χ2n) is 5.66. The Morgan fingerprint density at radius 1 is 1.29 bits per heavy atom. The minimum Gasteiger partial charge on any atom is -0.355 e. The van der Waals surface area contributed by atoms with Crippen molar-refractivity contribution >= 4 is 40.6 Å². The summed E-state index contributed by atoms with van der Waals surface area (Å²) in [6, 6.07) is 12.0. The van der Waals surface area contributed by atoms with Crippen molar-refractivity contribution in [2.45, 2.75) is 24.5 Å². The van der Waals surface area contributed by atoms with E-state index in [1.807, 2.05) is 35.7 Å². The second-order valence-corrected chi connectivity index (χ2v) is 7.89. The van der Waals surface area contributed by atoms with Crippen molar-refractivity contribution in [3.63, 3.8) is 0 Å². The molecule has 2 aromatic rings. The normalized spacial score (nSPS) is 16.8. The number of aryl methyl sites for hydroxylation is 1. The molecule has 3 rings (SSSR count). The highest BCUT2D eigenvalue weighted by atomic mass is 32.2. The molecule has 1 aliphatic heterocycles. The molecule has 0 saturated carbocycles. The maximum atomic E-state index is 12.3. The zero-order chi connectivity index (χ0) is 16.8. The van der Waals surface area contributed by atoms with Crippen molar-refractivity contribution in [1.82, 2.24) is 5.32 Å². The van der Waals surface area contributed by atoms with Gasteiger partial charge in [-0.1, -0.05) is 24.3 Å². The fraction of sp³-hybridized carbons (Fsp3) is 0.333. The topological polar surface area (TPSA) is 58.2 Å². The Balaban J connectivity index is 1.43. The van der Waals surface area contributed by atoms with Crippen molar-refractivity contribution in [2.24, 2.45) is 0 Å². The minimum absolute atomic E-state index is 0.00339. The van der Waals surface area contributed by atoms with Gasteiger partial charge in [-0.2, -0.15) is 0 Å². The summed E-state index contributed by atoms with van der Waals surface area (Å²) in [6.45, 7) is 0.641. The number of hydrogen-bond donors (Lipinski definition) is 2. The van der Waals surface area contributed by atoms with Crippen molar-refractivity contribution in [3.05, 3.63) is 52.2 Å². The number of thioether (sulfide) groups is 1. The Labute approximate surface area is 150 Å². The largest absolute Gasteiger partial charge is 0.355 e. The molecular formula is C18H20N2O2S2. The lowest BCUT2D eigenvalue weighted by atomic mass is 10.1. The number of nitrogens with one attached hydrogen (secondary N) is 2. The average molecular weight is 361 g/mol. The molecule has 6 heteroatoms. The van der Waals surface area contributed by atoms with Crippen molar-refractivity contribution in [1.29, 1.82) is 0 Å². The summed E-state index contributed by atoms with van der Waals surface area (Å²) in [4.78, 5) is 25.5. The number of benzene rings is 1. The van der Waals surface area contributed by atoms with Gasteiger partial charge in [-0.05, 0) is 42.3 Å². The van der Waals surface area contributed by atoms with E-state index in [2.05, 4.69) is 16.7 Å². The van der Waals surface area contributed by atoms with Gasteiger partial charge in [0.1, 0.15) is 0 Å². The van der Waals surface area contributed by atoms with Gasteiger partial charge in [0.25, 0.3) is 0 Å². The first-order chi connectivity index (χ1) is 11.7. The minimum atomic E-state index is -0.180. The van der Waals surface area contributed by atoms with Crippen LogP contribution in [0.15, 0.2) is 41.8 Å². The summed E-state index contributed by atoms with van der Waals surface area (Å²) in [5.74, 6) is 0.307. The quantitative estimate of drug-likeness (QED) is 0.832. The van der Waals surface area contributed by atoms with Crippen LogP contribution in [-0.4, -0.2) is 29.4 Å². The Morgan fingerprint density at radius 3 is 3.00 bits per heavy atom. The number of thiophene rings is 1. The highest BCUT2D eigenvalue weighted by Crippen LogP contribution is 2.26. The maximum absolute atomic E-state index is 12.3. The van der Waals surface area contributed by atoms with Crippen LogP contribution in [0, 0.1) is 0 Å². The van der Waals surface area contributed by atoms with Gasteiger partial charge in [-0.25, -0.2) is 0 Å². The monoisotopic (exact) mass is 360 g/mol. The van der Waals surface area contributed by atoms with Gasteiger partial charge in [0.2, 0.25) is 11.8 Å². The van der Waals surface area contributed by atoms with Gasteiger partial charge in [-0.3, -0.25) is 9.59 Å². The first kappa shape index (κ1) is 17.0. The number of para-hydroxylation sites is 1. The third-order valence-corrected chi connectivity index (χ3v) is 6.15. The van der Waals surface area contributed by atoms with E-state index >= 15 is 0 Å². The fourth-order valence-electron chi connectivity index (χ4n) is 2.66. The van der Waals surface area contributed by atoms with E-state index in [0.717, 1.165) is 30.5 Å². The molecule has 126 valence electrons. The molecular weight excluding hydrogens is 340 g/mol. The van der Waals surface area contributed by atoms with Crippen LogP contribution in [0.1, 0.15) is 16.9 Å². The summed E-state index contributed by atoms with van der Waals surface area (Å²) < 4.78 is 0. The Bertz CT molecular complexity index is 701. The van der Waals surface area contributed by atoms with E-state index in [-0.39, 0.29) is 17.1 Å². The van der Waals surface area contributed by atoms with E-state index < -0.39 is 0 Å². The second kappa shape index (κ2) is 8.35. The molecule has 2 heterocycles. The smallest absolute Gasteiger partial charge is 0.237 e. The first-order valence-corrected chi connectivity index (χ1v) is 9.94. The van der Waals surface area contributed by atoms with Crippen molar-refractivity contribution in [3.8, 4) is 0 Å². The van der Waals surface area contributed by atoms with Crippen LogP contribution in [0.25, 0.3) is 0 Å². The lowest BCUT2D eigenvalue weighted by molar-refractivity contribution is -0.118. The van der Waals surface area contributed by atoms with E-state index in [1.165, 1.54) is 16.6 Å². The van der Waals surface area contributed by atoms with E-state index in [4.69, 9.17) is 0 Å². The van der Waals surface area contributed by atoms with Gasteiger partial charge in [0, 0.05) is 17.1 Å². The van der Waals surface area contributed by atoms with Gasteiger partial charge in [0.15, 0.2) is 0 Å². The molecule has 0 unspecified atom stereocenters. The van der Waals surface area contributed by atoms with Gasteiger partial charge < -0.3 is 10.6 Å². The van der Waals surface area contributed by atoms with Crippen LogP contribution in [-0.2, 0) is 22.4 Å². The molecule has 1 aromatic carbocycles. The lowest BCUT2D eigenvalue weighted by Gasteiger charge is -2.12. The number of anilines is 1. The highest BCUT2D eigenvalue weighted by molar-refractivity contribution is 8.01. The van der Waals surface area contributed by atoms with Crippen LogP contribution < -0.4 is 10.6 Å². The van der Waals surface area contributed by atoms with Crippen LogP contribution in [0.4, 0.5) is 5.69 Å². The zero-order valence-electron chi connectivity index (χ0n) is 13.3. The number of fused-ring (bicyclic) bond motifs is 1. The first-order valence-electron chi connectivity index (χ1n) is 8.02. The SMILES string of the molecule is O=C(CS[C@@H]1CCc2ccccc2NC1=O)NCCc1cccs1. The molecule has 1 aromatic heterocycles. The van der Waals surface area contributed by atoms with Crippen molar-refractivity contribution < 1.29 is 9.59 Å². The van der Waals surface area contributed by atoms with Gasteiger partial charge in [0.05, 0.1) is 11.0 Å². The standard InChI is InChI=1S/C18H20N2O2S2/c21-17(19-10-9-14-5-3-11-23-14)12-24-16-8-7-13-4-1-2-6-15(13)20-18(16)22/h1-6,11,16H,7-10,12H2,(H,19,21)(H,20,22)/t16-/m1/s1. The molecule has 0 bridgehead atoms. The average Bonchev–Trinajstić information content (AvgIpc) is 3.03. The molecule has 2 amide bonds. The molecule has 2 N–H and O–H groups in total. The Kier molecular flexibility index (Phi) is 5.93. The lowest BCUT2D eigenvalue weighted by Crippen LogP contribution is -2.30. The van der Waals surface area contributed by atoms with Crippen LogP contribution in [0.2, 0.25) is 0 Å². The number of amides is 2. The summed E-state index contributed by atoms with van der Waals surface area (Å²) >= 11 is 3.12. The van der Waals surface area contributed by atoms with E-state index in [1.54, 1.807) is 11.3 Å². The third-order valence-electron chi connectivity index (χ3n) is 3.93. The molecule has 0 spiro atoms. The zero-order valence-corrected chi connectivity index (χ0v) is 14.9. The van der Waals surface area contributed by atoms with Gasteiger partial charge in [-0.15, -0.1) is 23.1 Å². The maximum Gasteiger partial charge on any atom is 0.237 e. The Hall–Kier alpha value is -1.79. The molecule has 4 nitrogen and oxygen atoms in total. The summed E-state index contributed by atoms with van der Waals surface area (Å²) in [7, 11) is 0. The van der Waals surface area contributed by atoms with Crippen molar-refractivity contribution in [2.75, 3.05) is 17.6 Å². The molecule has 0 saturated heterocycles. The molecule has 24 heavy (non-hydrogen) atoms. The van der Waals surface area contributed by atoms with Crippen LogP contribution in [0.5, 0.6) is 0 Å².